The SMILES string of the molecule is CCNC(=NCCN(C)C(=O)OC(C)(C)C)N1CCN(c2ccccn2)CC1.I. The molecule has 1 aliphatic rings. The van der Waals surface area contributed by atoms with Crippen LogP contribution >= 0.6 is 24.0 Å². The fourth-order valence-corrected chi connectivity index (χ4v) is 2.85. The highest BCUT2D eigenvalue weighted by Crippen LogP contribution is 2.12. The second-order valence-corrected chi connectivity index (χ2v) is 7.80. The summed E-state index contributed by atoms with van der Waals surface area (Å²) in [5.41, 5.74) is -0.489. The lowest BCUT2D eigenvalue weighted by atomic mass is 10.2. The number of carbonyl (C=O) groups excluding carboxylic acids is 1. The summed E-state index contributed by atoms with van der Waals surface area (Å²) in [6, 6.07) is 5.99. The Morgan fingerprint density at radius 3 is 2.52 bits per heavy atom. The molecule has 1 aromatic rings. The molecule has 0 radical (unpaired) electrons. The summed E-state index contributed by atoms with van der Waals surface area (Å²) < 4.78 is 5.38. The Balaban J connectivity index is 0.00000420. The molecule has 0 aliphatic carbocycles. The molecule has 1 N–H and O–H groups in total. The van der Waals surface area contributed by atoms with Crippen LogP contribution in [0.4, 0.5) is 10.6 Å². The van der Waals surface area contributed by atoms with Gasteiger partial charge >= 0.3 is 6.09 Å². The maximum Gasteiger partial charge on any atom is 0.410 e. The summed E-state index contributed by atoms with van der Waals surface area (Å²) in [7, 11) is 1.74. The molecule has 0 aromatic carbocycles. The van der Waals surface area contributed by atoms with E-state index < -0.39 is 5.60 Å². The number of carbonyl (C=O) groups is 1. The molecular weight excluding hydrogens is 483 g/mol. The summed E-state index contributed by atoms with van der Waals surface area (Å²) in [5.74, 6) is 1.91. The smallest absolute Gasteiger partial charge is 0.410 e. The van der Waals surface area contributed by atoms with Crippen molar-refractivity contribution in [3.63, 3.8) is 0 Å². The molecule has 0 atom stereocenters. The lowest BCUT2D eigenvalue weighted by Crippen LogP contribution is -2.53. The monoisotopic (exact) mass is 518 g/mol. The van der Waals surface area contributed by atoms with Crippen molar-refractivity contribution in [1.82, 2.24) is 20.1 Å². The first-order valence-corrected chi connectivity index (χ1v) is 9.93. The molecule has 2 heterocycles. The molecule has 0 saturated carbocycles. The first kappa shape index (κ1) is 25.3. The Bertz CT molecular complexity index is 642. The molecule has 0 unspecified atom stereocenters. The summed E-state index contributed by atoms with van der Waals surface area (Å²) in [4.78, 5) is 27.3. The van der Waals surface area contributed by atoms with Crippen LogP contribution in [-0.2, 0) is 4.74 Å². The number of hydrogen-bond acceptors (Lipinski definition) is 5. The normalized spacial score (nSPS) is 14.9. The maximum atomic E-state index is 12.1. The fraction of sp³-hybridized carbons (Fsp3) is 0.650. The molecule has 1 saturated heterocycles. The lowest BCUT2D eigenvalue weighted by Gasteiger charge is -2.37. The van der Waals surface area contributed by atoms with Crippen molar-refractivity contribution in [2.45, 2.75) is 33.3 Å². The summed E-state index contributed by atoms with van der Waals surface area (Å²) in [6.07, 6.45) is 1.51. The van der Waals surface area contributed by atoms with Gasteiger partial charge in [0.25, 0.3) is 0 Å². The van der Waals surface area contributed by atoms with Crippen LogP contribution in [-0.4, -0.2) is 85.3 Å². The van der Waals surface area contributed by atoms with E-state index in [1.165, 1.54) is 0 Å². The Kier molecular flexibility index (Phi) is 10.5. The van der Waals surface area contributed by atoms with Crippen LogP contribution in [0.3, 0.4) is 0 Å². The average molecular weight is 518 g/mol. The highest BCUT2D eigenvalue weighted by molar-refractivity contribution is 14.0. The van der Waals surface area contributed by atoms with Crippen LogP contribution < -0.4 is 10.2 Å². The second-order valence-electron chi connectivity index (χ2n) is 7.80. The van der Waals surface area contributed by atoms with Crippen molar-refractivity contribution in [2.75, 3.05) is 57.8 Å². The topological polar surface area (TPSA) is 73.3 Å². The number of anilines is 1. The van der Waals surface area contributed by atoms with E-state index >= 15 is 0 Å². The number of pyridine rings is 1. The first-order chi connectivity index (χ1) is 13.3. The number of nitrogens with one attached hydrogen (secondary N) is 1. The number of ether oxygens (including phenoxy) is 1. The molecule has 1 aromatic heterocycles. The van der Waals surface area contributed by atoms with Gasteiger partial charge in [-0.1, -0.05) is 6.07 Å². The number of aliphatic imine (C=N–C) groups is 1. The zero-order chi connectivity index (χ0) is 20.6. The van der Waals surface area contributed by atoms with E-state index in [0.29, 0.717) is 13.1 Å². The standard InChI is InChI=1S/C20H34N6O2.HI/c1-6-21-18(23-11-12-24(5)19(27)28-20(2,3)4)26-15-13-25(14-16-26)17-9-7-8-10-22-17;/h7-10H,6,11-16H2,1-5H3,(H,21,23);1H. The highest BCUT2D eigenvalue weighted by Gasteiger charge is 2.21. The van der Waals surface area contributed by atoms with Gasteiger partial charge in [-0.2, -0.15) is 0 Å². The Labute approximate surface area is 191 Å². The van der Waals surface area contributed by atoms with Crippen LogP contribution in [0.2, 0.25) is 0 Å². The number of amides is 1. The van der Waals surface area contributed by atoms with Crippen LogP contribution in [0, 0.1) is 0 Å². The van der Waals surface area contributed by atoms with Gasteiger partial charge in [-0.25, -0.2) is 9.78 Å². The van der Waals surface area contributed by atoms with Gasteiger partial charge in [0.15, 0.2) is 5.96 Å². The molecule has 9 heteroatoms. The van der Waals surface area contributed by atoms with Gasteiger partial charge in [0, 0.05) is 52.5 Å². The predicted octanol–water partition coefficient (Wildman–Crippen LogP) is 2.65. The quantitative estimate of drug-likeness (QED) is 0.367. The van der Waals surface area contributed by atoms with E-state index in [1.807, 2.05) is 45.2 Å². The van der Waals surface area contributed by atoms with Crippen LogP contribution in [0.5, 0.6) is 0 Å². The molecule has 1 amide bonds. The largest absolute Gasteiger partial charge is 0.444 e. The molecule has 164 valence electrons. The Morgan fingerprint density at radius 1 is 1.28 bits per heavy atom. The molecular formula is C20H35IN6O2. The molecule has 0 bridgehead atoms. The number of guanidine groups is 1. The van der Waals surface area contributed by atoms with Gasteiger partial charge in [-0.3, -0.25) is 4.99 Å². The van der Waals surface area contributed by atoms with E-state index in [-0.39, 0.29) is 30.1 Å². The third kappa shape index (κ3) is 8.63. The molecule has 1 aliphatic heterocycles. The second kappa shape index (κ2) is 12.0. The molecule has 0 spiro atoms. The highest BCUT2D eigenvalue weighted by atomic mass is 127. The molecule has 2 rings (SSSR count). The van der Waals surface area contributed by atoms with Crippen molar-refractivity contribution < 1.29 is 9.53 Å². The molecule has 1 fully saturated rings. The molecule has 29 heavy (non-hydrogen) atoms. The third-order valence-corrected chi connectivity index (χ3v) is 4.29. The van der Waals surface area contributed by atoms with Gasteiger partial charge in [0.05, 0.1) is 6.54 Å². The van der Waals surface area contributed by atoms with Crippen molar-refractivity contribution >= 4 is 41.8 Å². The number of likely N-dealkylation sites (N-methyl/N-ethyl adjacent to an activating group) is 1. The summed E-state index contributed by atoms with van der Waals surface area (Å²) >= 11 is 0. The minimum atomic E-state index is -0.489. The Hall–Kier alpha value is -1.78. The van der Waals surface area contributed by atoms with Gasteiger partial charge < -0.3 is 24.8 Å². The number of hydrogen-bond donors (Lipinski definition) is 1. The van der Waals surface area contributed by atoms with E-state index in [0.717, 1.165) is 44.5 Å². The number of piperazine rings is 1. The van der Waals surface area contributed by atoms with Crippen molar-refractivity contribution in [3.8, 4) is 0 Å². The fourth-order valence-electron chi connectivity index (χ4n) is 2.85. The van der Waals surface area contributed by atoms with Gasteiger partial charge in [-0.05, 0) is 39.8 Å². The number of aromatic nitrogens is 1. The third-order valence-electron chi connectivity index (χ3n) is 4.29. The average Bonchev–Trinajstić information content (AvgIpc) is 2.67. The van der Waals surface area contributed by atoms with Gasteiger partial charge in [-0.15, -0.1) is 24.0 Å². The number of rotatable bonds is 5. The zero-order valence-electron chi connectivity index (χ0n) is 18.2. The van der Waals surface area contributed by atoms with Crippen LogP contribution in [0.15, 0.2) is 29.4 Å². The summed E-state index contributed by atoms with van der Waals surface area (Å²) in [5, 5.41) is 3.36. The van der Waals surface area contributed by atoms with Gasteiger partial charge in [0.1, 0.15) is 11.4 Å². The van der Waals surface area contributed by atoms with Crippen molar-refractivity contribution in [1.29, 1.82) is 0 Å². The van der Waals surface area contributed by atoms with Gasteiger partial charge in [0.2, 0.25) is 0 Å². The lowest BCUT2D eigenvalue weighted by molar-refractivity contribution is 0.0304. The predicted molar refractivity (Wildman–Crippen MR) is 128 cm³/mol. The van der Waals surface area contributed by atoms with Crippen LogP contribution in [0.1, 0.15) is 27.7 Å². The van der Waals surface area contributed by atoms with Crippen molar-refractivity contribution in [2.24, 2.45) is 4.99 Å². The molecule has 8 nitrogen and oxygen atoms in total. The first-order valence-electron chi connectivity index (χ1n) is 9.93. The minimum absolute atomic E-state index is 0. The van der Waals surface area contributed by atoms with E-state index in [1.54, 1.807) is 11.9 Å². The van der Waals surface area contributed by atoms with E-state index in [9.17, 15) is 4.79 Å². The maximum absolute atomic E-state index is 12.1. The van der Waals surface area contributed by atoms with Crippen molar-refractivity contribution in [3.05, 3.63) is 24.4 Å². The van der Waals surface area contributed by atoms with E-state index in [4.69, 9.17) is 9.73 Å². The summed E-state index contributed by atoms with van der Waals surface area (Å²) in [6.45, 7) is 13.1. The zero-order valence-corrected chi connectivity index (χ0v) is 20.6. The van der Waals surface area contributed by atoms with E-state index in [2.05, 4.69) is 27.0 Å². The Morgan fingerprint density at radius 2 is 1.97 bits per heavy atom. The minimum Gasteiger partial charge on any atom is -0.444 e. The number of halogens is 1. The van der Waals surface area contributed by atoms with Crippen LogP contribution in [0.25, 0.3) is 0 Å². The number of nitrogens with zero attached hydrogens (tertiary/aromatic N) is 5.